The first-order chi connectivity index (χ1) is 13.5. The number of hydrogen-bond donors (Lipinski definition) is 2. The molecule has 0 radical (unpaired) electrons. The summed E-state index contributed by atoms with van der Waals surface area (Å²) in [5.74, 6) is 0.629. The Morgan fingerprint density at radius 3 is 2.46 bits per heavy atom. The first-order valence-electron chi connectivity index (χ1n) is 8.71. The minimum Gasteiger partial charge on any atom is -0.352 e. The Bertz CT molecular complexity index is 952. The fourth-order valence-electron chi connectivity index (χ4n) is 2.49. The largest absolute Gasteiger partial charge is 0.352 e. The van der Waals surface area contributed by atoms with Crippen molar-refractivity contribution in [3.8, 4) is 11.4 Å². The number of nitrogens with zero attached hydrogens (tertiary/aromatic N) is 2. The maximum atomic E-state index is 12.0. The van der Waals surface area contributed by atoms with E-state index in [1.165, 1.54) is 6.92 Å². The van der Waals surface area contributed by atoms with Crippen LogP contribution in [0, 0.1) is 0 Å². The fourth-order valence-corrected chi connectivity index (χ4v) is 2.62. The first-order valence-corrected chi connectivity index (χ1v) is 9.09. The number of halogens is 1. The van der Waals surface area contributed by atoms with Gasteiger partial charge in [-0.3, -0.25) is 9.59 Å². The summed E-state index contributed by atoms with van der Waals surface area (Å²) in [7, 11) is 0. The Hall–Kier alpha value is -3.19. The standard InChI is InChI=1S/C20H19ClN4O3/c1-13(26)23-17-8-2-14(3-9-17)12-22-18(27)10-11-19-24-20(25-28-19)15-4-6-16(21)7-5-15/h2-9H,10-12H2,1H3,(H,22,27)(H,23,26). The van der Waals surface area contributed by atoms with Crippen molar-refractivity contribution >= 4 is 29.1 Å². The molecule has 0 spiro atoms. The molecule has 1 heterocycles. The number of amides is 2. The van der Waals surface area contributed by atoms with Crippen LogP contribution in [0.3, 0.4) is 0 Å². The van der Waals surface area contributed by atoms with Crippen LogP contribution in [0.2, 0.25) is 5.02 Å². The smallest absolute Gasteiger partial charge is 0.227 e. The van der Waals surface area contributed by atoms with Gasteiger partial charge < -0.3 is 15.2 Å². The quantitative estimate of drug-likeness (QED) is 0.633. The van der Waals surface area contributed by atoms with Crippen LogP contribution in [0.4, 0.5) is 5.69 Å². The summed E-state index contributed by atoms with van der Waals surface area (Å²) in [6.07, 6.45) is 0.597. The van der Waals surface area contributed by atoms with Gasteiger partial charge in [0.2, 0.25) is 23.5 Å². The van der Waals surface area contributed by atoms with E-state index in [2.05, 4.69) is 20.8 Å². The second-order valence-electron chi connectivity index (χ2n) is 6.17. The number of carbonyl (C=O) groups excluding carboxylic acids is 2. The monoisotopic (exact) mass is 398 g/mol. The molecule has 28 heavy (non-hydrogen) atoms. The summed E-state index contributed by atoms with van der Waals surface area (Å²) in [6.45, 7) is 1.86. The number of benzene rings is 2. The SMILES string of the molecule is CC(=O)Nc1ccc(CNC(=O)CCc2nc(-c3ccc(Cl)cc3)no2)cc1. The van der Waals surface area contributed by atoms with Crippen molar-refractivity contribution in [1.29, 1.82) is 0 Å². The summed E-state index contributed by atoms with van der Waals surface area (Å²) in [6, 6.07) is 14.4. The van der Waals surface area contributed by atoms with Crippen molar-refractivity contribution in [2.75, 3.05) is 5.32 Å². The number of carbonyl (C=O) groups is 2. The van der Waals surface area contributed by atoms with Gasteiger partial charge in [0.15, 0.2) is 0 Å². The lowest BCUT2D eigenvalue weighted by atomic mass is 10.2. The summed E-state index contributed by atoms with van der Waals surface area (Å²) < 4.78 is 5.20. The third-order valence-corrected chi connectivity index (χ3v) is 4.15. The van der Waals surface area contributed by atoms with Crippen LogP contribution >= 0.6 is 11.6 Å². The lowest BCUT2D eigenvalue weighted by Gasteiger charge is -2.06. The summed E-state index contributed by atoms with van der Waals surface area (Å²) >= 11 is 5.87. The lowest BCUT2D eigenvalue weighted by Crippen LogP contribution is -2.23. The van der Waals surface area contributed by atoms with Gasteiger partial charge >= 0.3 is 0 Å². The summed E-state index contributed by atoms with van der Waals surface area (Å²) in [5.41, 5.74) is 2.45. The van der Waals surface area contributed by atoms with E-state index in [4.69, 9.17) is 16.1 Å². The molecule has 3 aromatic rings. The summed E-state index contributed by atoms with van der Waals surface area (Å²) in [4.78, 5) is 27.3. The van der Waals surface area contributed by atoms with Crippen molar-refractivity contribution in [2.24, 2.45) is 0 Å². The average molecular weight is 399 g/mol. The molecule has 0 atom stereocenters. The zero-order valence-electron chi connectivity index (χ0n) is 15.2. The Kier molecular flexibility index (Phi) is 6.39. The molecule has 0 aliphatic heterocycles. The normalized spacial score (nSPS) is 10.5. The van der Waals surface area contributed by atoms with Crippen LogP contribution in [0.5, 0.6) is 0 Å². The number of nitrogens with one attached hydrogen (secondary N) is 2. The number of hydrogen-bond acceptors (Lipinski definition) is 5. The van der Waals surface area contributed by atoms with Gasteiger partial charge in [-0.1, -0.05) is 28.9 Å². The molecule has 0 aliphatic rings. The second kappa shape index (κ2) is 9.14. The van der Waals surface area contributed by atoms with Gasteiger partial charge in [-0.25, -0.2) is 0 Å². The highest BCUT2D eigenvalue weighted by molar-refractivity contribution is 6.30. The van der Waals surface area contributed by atoms with E-state index in [-0.39, 0.29) is 18.2 Å². The minimum atomic E-state index is -0.124. The number of anilines is 1. The van der Waals surface area contributed by atoms with Crippen LogP contribution in [0.1, 0.15) is 24.8 Å². The Morgan fingerprint density at radius 1 is 1.07 bits per heavy atom. The predicted molar refractivity (Wildman–Crippen MR) is 106 cm³/mol. The Balaban J connectivity index is 1.45. The molecule has 2 N–H and O–H groups in total. The molecule has 8 heteroatoms. The maximum absolute atomic E-state index is 12.0. The van der Waals surface area contributed by atoms with Crippen molar-refractivity contribution in [2.45, 2.75) is 26.3 Å². The van der Waals surface area contributed by atoms with Crippen molar-refractivity contribution in [3.05, 3.63) is 65.0 Å². The average Bonchev–Trinajstić information content (AvgIpc) is 3.15. The van der Waals surface area contributed by atoms with Crippen molar-refractivity contribution < 1.29 is 14.1 Å². The van der Waals surface area contributed by atoms with Crippen LogP contribution in [0.15, 0.2) is 53.1 Å². The molecule has 2 amide bonds. The fraction of sp³-hybridized carbons (Fsp3) is 0.200. The third kappa shape index (κ3) is 5.65. The van der Waals surface area contributed by atoms with E-state index in [0.29, 0.717) is 29.7 Å². The van der Waals surface area contributed by atoms with Crippen molar-refractivity contribution in [3.63, 3.8) is 0 Å². The van der Waals surface area contributed by atoms with E-state index in [1.54, 1.807) is 36.4 Å². The highest BCUT2D eigenvalue weighted by Crippen LogP contribution is 2.19. The van der Waals surface area contributed by atoms with Crippen LogP contribution < -0.4 is 10.6 Å². The van der Waals surface area contributed by atoms with Gasteiger partial charge in [-0.2, -0.15) is 4.98 Å². The zero-order valence-corrected chi connectivity index (χ0v) is 16.0. The molecule has 0 saturated heterocycles. The molecule has 0 unspecified atom stereocenters. The number of aryl methyl sites for hydroxylation is 1. The lowest BCUT2D eigenvalue weighted by molar-refractivity contribution is -0.121. The zero-order chi connectivity index (χ0) is 19.9. The molecular formula is C20H19ClN4O3. The van der Waals surface area contributed by atoms with E-state index >= 15 is 0 Å². The third-order valence-electron chi connectivity index (χ3n) is 3.90. The molecule has 0 saturated carbocycles. The molecule has 7 nitrogen and oxygen atoms in total. The van der Waals surface area contributed by atoms with E-state index in [0.717, 1.165) is 16.8 Å². The molecule has 3 rings (SSSR count). The highest BCUT2D eigenvalue weighted by Gasteiger charge is 2.11. The van der Waals surface area contributed by atoms with E-state index < -0.39 is 0 Å². The van der Waals surface area contributed by atoms with Crippen LogP contribution in [-0.4, -0.2) is 22.0 Å². The predicted octanol–water partition coefficient (Wildman–Crippen LogP) is 3.60. The molecule has 0 bridgehead atoms. The molecular weight excluding hydrogens is 380 g/mol. The molecule has 0 aliphatic carbocycles. The van der Waals surface area contributed by atoms with Gasteiger partial charge in [0.05, 0.1) is 0 Å². The topological polar surface area (TPSA) is 97.1 Å². The second-order valence-corrected chi connectivity index (χ2v) is 6.61. The van der Waals surface area contributed by atoms with Crippen LogP contribution in [-0.2, 0) is 22.6 Å². The molecule has 0 fully saturated rings. The van der Waals surface area contributed by atoms with Crippen LogP contribution in [0.25, 0.3) is 11.4 Å². The summed E-state index contributed by atoms with van der Waals surface area (Å²) in [5, 5.41) is 10.1. The molecule has 144 valence electrons. The Labute approximate surface area is 167 Å². The molecule has 2 aromatic carbocycles. The van der Waals surface area contributed by atoms with Crippen molar-refractivity contribution in [1.82, 2.24) is 15.5 Å². The van der Waals surface area contributed by atoms with Gasteiger partial charge in [0, 0.05) is 42.6 Å². The number of aromatic nitrogens is 2. The van der Waals surface area contributed by atoms with E-state index in [9.17, 15) is 9.59 Å². The van der Waals surface area contributed by atoms with Gasteiger partial charge in [-0.05, 0) is 42.0 Å². The highest BCUT2D eigenvalue weighted by atomic mass is 35.5. The minimum absolute atomic E-state index is 0.114. The first kappa shape index (κ1) is 19.6. The number of rotatable bonds is 7. The van der Waals surface area contributed by atoms with Gasteiger partial charge in [-0.15, -0.1) is 0 Å². The Morgan fingerprint density at radius 2 is 1.79 bits per heavy atom. The maximum Gasteiger partial charge on any atom is 0.227 e. The van der Waals surface area contributed by atoms with Gasteiger partial charge in [0.1, 0.15) is 0 Å². The molecule has 1 aromatic heterocycles. The van der Waals surface area contributed by atoms with E-state index in [1.807, 2.05) is 12.1 Å². The van der Waals surface area contributed by atoms with Gasteiger partial charge in [0.25, 0.3) is 0 Å².